The van der Waals surface area contributed by atoms with Crippen molar-refractivity contribution in [3.05, 3.63) is 29.3 Å². The maximum absolute atomic E-state index is 12.5. The number of aliphatic hydroxyl groups excluding tert-OH is 1. The highest BCUT2D eigenvalue weighted by molar-refractivity contribution is 6.30. The van der Waals surface area contributed by atoms with Gasteiger partial charge in [-0.25, -0.2) is 4.79 Å². The Morgan fingerprint density at radius 3 is 2.50 bits per heavy atom. The second-order valence-corrected chi connectivity index (χ2v) is 8.62. The number of urea groups is 1. The summed E-state index contributed by atoms with van der Waals surface area (Å²) in [5.41, 5.74) is 0.669. The summed E-state index contributed by atoms with van der Waals surface area (Å²) in [6.07, 6.45) is 7.09. The predicted molar refractivity (Wildman–Crippen MR) is 117 cm³/mol. The first-order valence-corrected chi connectivity index (χ1v) is 11.3. The van der Waals surface area contributed by atoms with Crippen molar-refractivity contribution in [2.45, 2.75) is 69.6 Å². The van der Waals surface area contributed by atoms with Crippen LogP contribution in [0, 0.1) is 5.92 Å². The van der Waals surface area contributed by atoms with E-state index in [4.69, 9.17) is 16.3 Å². The van der Waals surface area contributed by atoms with Crippen LogP contribution in [0.3, 0.4) is 0 Å². The average molecular weight is 438 g/mol. The Morgan fingerprint density at radius 2 is 1.80 bits per heavy atom. The van der Waals surface area contributed by atoms with Crippen LogP contribution in [-0.4, -0.2) is 48.4 Å². The Kier molecular flexibility index (Phi) is 8.78. The number of nitrogens with one attached hydrogen (secondary N) is 3. The van der Waals surface area contributed by atoms with Crippen molar-refractivity contribution in [1.82, 2.24) is 10.6 Å². The van der Waals surface area contributed by atoms with Crippen LogP contribution in [0.25, 0.3) is 0 Å². The summed E-state index contributed by atoms with van der Waals surface area (Å²) in [6.45, 7) is 0.331. The average Bonchev–Trinajstić information content (AvgIpc) is 2.77. The van der Waals surface area contributed by atoms with Gasteiger partial charge in [0.25, 0.3) is 0 Å². The van der Waals surface area contributed by atoms with Crippen LogP contribution >= 0.6 is 11.6 Å². The molecule has 0 spiro atoms. The van der Waals surface area contributed by atoms with Gasteiger partial charge in [0.2, 0.25) is 5.91 Å². The summed E-state index contributed by atoms with van der Waals surface area (Å²) < 4.78 is 6.00. The molecule has 1 saturated heterocycles. The normalized spacial score (nSPS) is 24.8. The van der Waals surface area contributed by atoms with Gasteiger partial charge in [0.1, 0.15) is 6.10 Å². The van der Waals surface area contributed by atoms with E-state index in [1.165, 1.54) is 6.42 Å². The summed E-state index contributed by atoms with van der Waals surface area (Å²) in [5.74, 6) is 0.194. The van der Waals surface area contributed by atoms with Crippen molar-refractivity contribution in [1.29, 1.82) is 0 Å². The summed E-state index contributed by atoms with van der Waals surface area (Å²) in [7, 11) is 0. The number of benzene rings is 1. The second kappa shape index (κ2) is 11.5. The molecule has 8 heteroatoms. The number of carbonyl (C=O) groups excluding carboxylic acids is 2. The van der Waals surface area contributed by atoms with E-state index in [9.17, 15) is 14.7 Å². The van der Waals surface area contributed by atoms with Gasteiger partial charge < -0.3 is 25.8 Å². The standard InChI is InChI=1S/C22H32ClN3O4/c23-16-6-8-17(9-7-16)25-22(29)24-13-12-18-10-11-19(20(14-27)30-18)26-21(28)15-4-2-1-3-5-15/h6-9,15,18-20,27H,1-5,10-14H2,(H,26,28)(H2,24,25,29)/t18-,19-,20-/m1/s1. The first-order valence-electron chi connectivity index (χ1n) is 10.9. The number of amides is 3. The molecule has 1 aromatic rings. The number of halogens is 1. The van der Waals surface area contributed by atoms with Gasteiger partial charge in [-0.15, -0.1) is 0 Å². The smallest absolute Gasteiger partial charge is 0.319 e. The van der Waals surface area contributed by atoms with Crippen LogP contribution in [0.5, 0.6) is 0 Å². The van der Waals surface area contributed by atoms with E-state index < -0.39 is 6.10 Å². The first-order chi connectivity index (χ1) is 14.5. The van der Waals surface area contributed by atoms with Gasteiger partial charge >= 0.3 is 6.03 Å². The molecule has 7 nitrogen and oxygen atoms in total. The molecule has 0 radical (unpaired) electrons. The topological polar surface area (TPSA) is 99.7 Å². The minimum atomic E-state index is -0.404. The molecular formula is C22H32ClN3O4. The van der Waals surface area contributed by atoms with E-state index in [1.807, 2.05) is 0 Å². The molecule has 1 aromatic carbocycles. The lowest BCUT2D eigenvalue weighted by molar-refractivity contribution is -0.132. The molecule has 4 N–H and O–H groups in total. The Morgan fingerprint density at radius 1 is 1.07 bits per heavy atom. The van der Waals surface area contributed by atoms with Crippen molar-refractivity contribution in [2.24, 2.45) is 5.92 Å². The van der Waals surface area contributed by atoms with E-state index in [-0.39, 0.29) is 36.6 Å². The summed E-state index contributed by atoms with van der Waals surface area (Å²) in [4.78, 5) is 24.5. The molecule has 3 amide bonds. The third-order valence-corrected chi connectivity index (χ3v) is 6.21. The highest BCUT2D eigenvalue weighted by Crippen LogP contribution is 2.26. The van der Waals surface area contributed by atoms with Gasteiger partial charge in [-0.1, -0.05) is 30.9 Å². The number of anilines is 1. The zero-order chi connectivity index (χ0) is 21.3. The molecule has 1 saturated carbocycles. The van der Waals surface area contributed by atoms with Crippen molar-refractivity contribution in [2.75, 3.05) is 18.5 Å². The molecule has 3 atom stereocenters. The van der Waals surface area contributed by atoms with Gasteiger partial charge in [0, 0.05) is 23.2 Å². The predicted octanol–water partition coefficient (Wildman–Crippen LogP) is 3.46. The molecule has 0 bridgehead atoms. The van der Waals surface area contributed by atoms with E-state index in [0.29, 0.717) is 23.7 Å². The quantitative estimate of drug-likeness (QED) is 0.524. The Balaban J connectivity index is 1.37. The largest absolute Gasteiger partial charge is 0.394 e. The lowest BCUT2D eigenvalue weighted by atomic mass is 9.88. The monoisotopic (exact) mass is 437 g/mol. The van der Waals surface area contributed by atoms with Crippen molar-refractivity contribution >= 4 is 29.2 Å². The maximum Gasteiger partial charge on any atom is 0.319 e. The van der Waals surface area contributed by atoms with Crippen molar-refractivity contribution in [3.8, 4) is 0 Å². The Hall–Kier alpha value is -1.83. The van der Waals surface area contributed by atoms with Crippen molar-refractivity contribution in [3.63, 3.8) is 0 Å². The van der Waals surface area contributed by atoms with Crippen LogP contribution in [0.4, 0.5) is 10.5 Å². The molecule has 0 aromatic heterocycles. The van der Waals surface area contributed by atoms with Gasteiger partial charge in [-0.05, 0) is 56.4 Å². The molecule has 0 unspecified atom stereocenters. The SMILES string of the molecule is O=C(NCC[C@H]1CC[C@@H](NC(=O)C2CCCCC2)[C@@H](CO)O1)Nc1ccc(Cl)cc1. The number of carbonyl (C=O) groups is 2. The van der Waals surface area contributed by atoms with E-state index in [1.54, 1.807) is 24.3 Å². The summed E-state index contributed by atoms with van der Waals surface area (Å²) in [6, 6.07) is 6.46. The van der Waals surface area contributed by atoms with Crippen LogP contribution in [-0.2, 0) is 9.53 Å². The van der Waals surface area contributed by atoms with Gasteiger partial charge in [0.05, 0.1) is 18.8 Å². The number of rotatable bonds is 7. The molecule has 3 rings (SSSR count). The minimum absolute atomic E-state index is 0.0548. The number of hydrogen-bond acceptors (Lipinski definition) is 4. The third-order valence-electron chi connectivity index (χ3n) is 5.95. The van der Waals surface area contributed by atoms with Crippen LogP contribution in [0.15, 0.2) is 24.3 Å². The number of aliphatic hydroxyl groups is 1. The molecule has 1 aliphatic heterocycles. The molecule has 2 aliphatic rings. The second-order valence-electron chi connectivity index (χ2n) is 8.18. The van der Waals surface area contributed by atoms with E-state index >= 15 is 0 Å². The highest BCUT2D eigenvalue weighted by Gasteiger charge is 2.33. The Labute approximate surface area is 182 Å². The number of hydrogen-bond donors (Lipinski definition) is 4. The number of ether oxygens (including phenoxy) is 1. The molecule has 1 heterocycles. The molecule has 30 heavy (non-hydrogen) atoms. The molecule has 1 aliphatic carbocycles. The fourth-order valence-corrected chi connectivity index (χ4v) is 4.36. The van der Waals surface area contributed by atoms with Gasteiger partial charge in [-0.2, -0.15) is 0 Å². The minimum Gasteiger partial charge on any atom is -0.394 e. The van der Waals surface area contributed by atoms with Crippen LogP contribution < -0.4 is 16.0 Å². The van der Waals surface area contributed by atoms with Crippen LogP contribution in [0.2, 0.25) is 5.02 Å². The maximum atomic E-state index is 12.5. The zero-order valence-electron chi connectivity index (χ0n) is 17.2. The first kappa shape index (κ1) is 22.8. The molecule has 166 valence electrons. The highest BCUT2D eigenvalue weighted by atomic mass is 35.5. The fraction of sp³-hybridized carbons (Fsp3) is 0.636. The lowest BCUT2D eigenvalue weighted by Crippen LogP contribution is -2.52. The third kappa shape index (κ3) is 6.86. The fourth-order valence-electron chi connectivity index (χ4n) is 4.23. The lowest BCUT2D eigenvalue weighted by Gasteiger charge is -2.37. The zero-order valence-corrected chi connectivity index (χ0v) is 18.0. The van der Waals surface area contributed by atoms with Crippen LogP contribution in [0.1, 0.15) is 51.4 Å². The van der Waals surface area contributed by atoms with Gasteiger partial charge in [-0.3, -0.25) is 4.79 Å². The van der Waals surface area contributed by atoms with Gasteiger partial charge in [0.15, 0.2) is 0 Å². The van der Waals surface area contributed by atoms with E-state index in [2.05, 4.69) is 16.0 Å². The summed E-state index contributed by atoms with van der Waals surface area (Å²) >= 11 is 5.84. The molecular weight excluding hydrogens is 406 g/mol. The summed E-state index contributed by atoms with van der Waals surface area (Å²) in [5, 5.41) is 19.0. The Bertz CT molecular complexity index is 694. The van der Waals surface area contributed by atoms with E-state index in [0.717, 1.165) is 38.5 Å². The van der Waals surface area contributed by atoms with Crippen molar-refractivity contribution < 1.29 is 19.4 Å². The molecule has 2 fully saturated rings.